The Bertz CT molecular complexity index is 472. The minimum atomic E-state index is -0.258. The molecule has 0 bridgehead atoms. The van der Waals surface area contributed by atoms with Crippen LogP contribution in [0.25, 0.3) is 0 Å². The van der Waals surface area contributed by atoms with Crippen LogP contribution >= 0.6 is 0 Å². The van der Waals surface area contributed by atoms with Gasteiger partial charge in [-0.05, 0) is 18.9 Å². The van der Waals surface area contributed by atoms with Crippen LogP contribution in [0.3, 0.4) is 0 Å². The summed E-state index contributed by atoms with van der Waals surface area (Å²) in [6, 6.07) is 7.42. The smallest absolute Gasteiger partial charge is 0.188 e. The molecule has 4 heteroatoms. The molecule has 18 heavy (non-hydrogen) atoms. The summed E-state index contributed by atoms with van der Waals surface area (Å²) >= 11 is 0. The molecular weight excluding hydrogens is 230 g/mol. The number of phenols is 1. The molecule has 2 N–H and O–H groups in total. The summed E-state index contributed by atoms with van der Waals surface area (Å²) in [4.78, 5) is 4.55. The Morgan fingerprint density at radius 3 is 2.94 bits per heavy atom. The summed E-state index contributed by atoms with van der Waals surface area (Å²) in [6.07, 6.45) is 2.64. The van der Waals surface area contributed by atoms with Gasteiger partial charge in [-0.2, -0.15) is 0 Å². The van der Waals surface area contributed by atoms with E-state index in [0.29, 0.717) is 18.7 Å². The number of fused-ring (bicyclic) bond motifs is 1. The van der Waals surface area contributed by atoms with Gasteiger partial charge in [-0.15, -0.1) is 0 Å². The maximum atomic E-state index is 9.72. The average Bonchev–Trinajstić information content (AvgIpc) is 2.73. The zero-order valence-electron chi connectivity index (χ0n) is 10.1. The third kappa shape index (κ3) is 2.20. The predicted octanol–water partition coefficient (Wildman–Crippen LogP) is 1.65. The lowest BCUT2D eigenvalue weighted by Gasteiger charge is -2.26. The predicted molar refractivity (Wildman–Crippen MR) is 67.8 cm³/mol. The van der Waals surface area contributed by atoms with E-state index in [0.717, 1.165) is 18.4 Å². The molecular formula is C14H17NO3. The minimum absolute atomic E-state index is 0.0228. The number of para-hydroxylation sites is 1. The first-order chi connectivity index (χ1) is 8.72. The molecule has 0 radical (unpaired) electrons. The van der Waals surface area contributed by atoms with Crippen LogP contribution in [-0.2, 0) is 11.2 Å². The van der Waals surface area contributed by atoms with Crippen molar-refractivity contribution in [3.63, 3.8) is 0 Å². The van der Waals surface area contributed by atoms with Gasteiger partial charge in [0.2, 0.25) is 0 Å². The number of aliphatic imine (C=N–C) groups is 1. The topological polar surface area (TPSA) is 62.1 Å². The van der Waals surface area contributed by atoms with Gasteiger partial charge in [0, 0.05) is 12.0 Å². The van der Waals surface area contributed by atoms with Crippen LogP contribution in [-0.4, -0.2) is 34.4 Å². The van der Waals surface area contributed by atoms with Gasteiger partial charge in [0.25, 0.3) is 0 Å². The zero-order chi connectivity index (χ0) is 12.5. The third-order valence-electron chi connectivity index (χ3n) is 3.66. The molecule has 1 saturated carbocycles. The first-order valence-electron chi connectivity index (χ1n) is 6.40. The normalized spacial score (nSPS) is 30.5. The number of rotatable bonds is 2. The van der Waals surface area contributed by atoms with E-state index in [4.69, 9.17) is 4.74 Å². The second-order valence-electron chi connectivity index (χ2n) is 5.02. The van der Waals surface area contributed by atoms with E-state index in [1.807, 2.05) is 12.1 Å². The fraction of sp³-hybridized carbons (Fsp3) is 0.500. The average molecular weight is 247 g/mol. The first-order valence-corrected chi connectivity index (χ1v) is 6.40. The highest BCUT2D eigenvalue weighted by Gasteiger charge is 2.36. The molecule has 1 aliphatic carbocycles. The number of ether oxygens (including phenoxy) is 1. The van der Waals surface area contributed by atoms with E-state index < -0.39 is 0 Å². The van der Waals surface area contributed by atoms with E-state index in [1.54, 1.807) is 12.1 Å². The van der Waals surface area contributed by atoms with Gasteiger partial charge in [0.05, 0.1) is 18.6 Å². The van der Waals surface area contributed by atoms with Crippen molar-refractivity contribution in [2.24, 2.45) is 4.99 Å². The van der Waals surface area contributed by atoms with Crippen LogP contribution < -0.4 is 0 Å². The van der Waals surface area contributed by atoms with Crippen molar-refractivity contribution in [3.8, 4) is 5.75 Å². The SMILES string of the molecule is Oc1ccccc1CC1=NC2CCC(O)CC2O1. The maximum Gasteiger partial charge on any atom is 0.188 e. The standard InChI is InChI=1S/C14H17NO3/c16-10-5-6-11-13(8-10)18-14(15-11)7-9-3-1-2-4-12(9)17/h1-4,10-11,13,16-17H,5-8H2. The van der Waals surface area contributed by atoms with Gasteiger partial charge >= 0.3 is 0 Å². The van der Waals surface area contributed by atoms with E-state index in [2.05, 4.69) is 4.99 Å². The molecule has 3 unspecified atom stereocenters. The molecule has 4 nitrogen and oxygen atoms in total. The molecule has 0 aromatic heterocycles. The highest BCUT2D eigenvalue weighted by molar-refractivity contribution is 5.81. The lowest BCUT2D eigenvalue weighted by Crippen LogP contribution is -2.33. The molecule has 1 heterocycles. The molecule has 3 atom stereocenters. The fourth-order valence-electron chi connectivity index (χ4n) is 2.67. The number of aliphatic hydroxyl groups excluding tert-OH is 1. The number of hydrogen-bond donors (Lipinski definition) is 2. The molecule has 0 amide bonds. The number of hydrogen-bond acceptors (Lipinski definition) is 4. The van der Waals surface area contributed by atoms with Crippen molar-refractivity contribution in [1.29, 1.82) is 0 Å². The molecule has 1 aromatic rings. The Hall–Kier alpha value is -1.55. The summed E-state index contributed by atoms with van der Waals surface area (Å²) < 4.78 is 5.77. The summed E-state index contributed by atoms with van der Waals surface area (Å²) in [5.41, 5.74) is 0.829. The van der Waals surface area contributed by atoms with Crippen molar-refractivity contribution < 1.29 is 14.9 Å². The Morgan fingerprint density at radius 1 is 1.28 bits per heavy atom. The zero-order valence-corrected chi connectivity index (χ0v) is 10.1. The lowest BCUT2D eigenvalue weighted by atomic mass is 9.91. The van der Waals surface area contributed by atoms with Crippen molar-refractivity contribution >= 4 is 5.90 Å². The van der Waals surface area contributed by atoms with Gasteiger partial charge in [0.1, 0.15) is 11.9 Å². The van der Waals surface area contributed by atoms with E-state index in [9.17, 15) is 10.2 Å². The number of benzene rings is 1. The molecule has 2 aliphatic rings. The molecule has 3 rings (SSSR count). The molecule has 1 aliphatic heterocycles. The van der Waals surface area contributed by atoms with Crippen LogP contribution in [0.5, 0.6) is 5.75 Å². The van der Waals surface area contributed by atoms with Crippen LogP contribution in [0.4, 0.5) is 0 Å². The van der Waals surface area contributed by atoms with Crippen LogP contribution in [0.1, 0.15) is 24.8 Å². The number of aromatic hydroxyl groups is 1. The highest BCUT2D eigenvalue weighted by Crippen LogP contribution is 2.30. The summed E-state index contributed by atoms with van der Waals surface area (Å²) in [7, 11) is 0. The van der Waals surface area contributed by atoms with Crippen molar-refractivity contribution in [2.75, 3.05) is 0 Å². The summed E-state index contributed by atoms with van der Waals surface area (Å²) in [6.45, 7) is 0. The van der Waals surface area contributed by atoms with Gasteiger partial charge < -0.3 is 14.9 Å². The van der Waals surface area contributed by atoms with Crippen molar-refractivity contribution in [3.05, 3.63) is 29.8 Å². The minimum Gasteiger partial charge on any atom is -0.508 e. The van der Waals surface area contributed by atoms with Crippen LogP contribution in [0, 0.1) is 0 Å². The summed E-state index contributed by atoms with van der Waals surface area (Å²) in [5, 5.41) is 19.3. The quantitative estimate of drug-likeness (QED) is 0.835. The molecule has 0 spiro atoms. The molecule has 0 saturated heterocycles. The third-order valence-corrected chi connectivity index (χ3v) is 3.66. The Labute approximate surface area is 106 Å². The lowest BCUT2D eigenvalue weighted by molar-refractivity contribution is 0.0497. The van der Waals surface area contributed by atoms with E-state index in [1.165, 1.54) is 0 Å². The highest BCUT2D eigenvalue weighted by atomic mass is 16.5. The first kappa shape index (κ1) is 11.5. The van der Waals surface area contributed by atoms with E-state index in [-0.39, 0.29) is 24.0 Å². The Balaban J connectivity index is 1.70. The second-order valence-corrected chi connectivity index (χ2v) is 5.02. The van der Waals surface area contributed by atoms with Crippen LogP contribution in [0.15, 0.2) is 29.3 Å². The Morgan fingerprint density at radius 2 is 2.11 bits per heavy atom. The van der Waals surface area contributed by atoms with Gasteiger partial charge in [-0.3, -0.25) is 0 Å². The van der Waals surface area contributed by atoms with Gasteiger partial charge in [0.15, 0.2) is 5.90 Å². The van der Waals surface area contributed by atoms with Gasteiger partial charge in [-0.1, -0.05) is 18.2 Å². The van der Waals surface area contributed by atoms with Crippen molar-refractivity contribution in [1.82, 2.24) is 0 Å². The second kappa shape index (κ2) is 4.61. The van der Waals surface area contributed by atoms with E-state index >= 15 is 0 Å². The number of nitrogens with zero attached hydrogens (tertiary/aromatic N) is 1. The molecule has 1 aromatic carbocycles. The monoisotopic (exact) mass is 247 g/mol. The largest absolute Gasteiger partial charge is 0.508 e. The van der Waals surface area contributed by atoms with Gasteiger partial charge in [-0.25, -0.2) is 4.99 Å². The summed E-state index contributed by atoms with van der Waals surface area (Å²) in [5.74, 6) is 0.958. The molecule has 1 fully saturated rings. The number of phenolic OH excluding ortho intramolecular Hbond substituents is 1. The Kier molecular flexibility index (Phi) is 2.96. The number of aliphatic hydroxyl groups is 1. The van der Waals surface area contributed by atoms with Crippen molar-refractivity contribution in [2.45, 2.75) is 43.9 Å². The molecule has 96 valence electrons. The fourth-order valence-corrected chi connectivity index (χ4v) is 2.67. The van der Waals surface area contributed by atoms with Crippen LogP contribution in [0.2, 0.25) is 0 Å². The maximum absolute atomic E-state index is 9.72.